The number of hydrogen-bond acceptors (Lipinski definition) is 3. The van der Waals surface area contributed by atoms with Crippen molar-refractivity contribution >= 4 is 26.0 Å². The van der Waals surface area contributed by atoms with E-state index in [0.29, 0.717) is 4.47 Å². The molecule has 0 N–H and O–H groups in total. The maximum atomic E-state index is 12.1. The van der Waals surface area contributed by atoms with Gasteiger partial charge in [0.2, 0.25) is 10.0 Å². The molecule has 0 aliphatic carbocycles. The minimum Gasteiger partial charge on any atom is -0.207 e. The van der Waals surface area contributed by atoms with Crippen molar-refractivity contribution in [2.24, 2.45) is 0 Å². The molecule has 1 atom stereocenters. The van der Waals surface area contributed by atoms with Gasteiger partial charge in [-0.05, 0) is 35.0 Å². The van der Waals surface area contributed by atoms with E-state index in [9.17, 15) is 8.42 Å². The second-order valence-corrected chi connectivity index (χ2v) is 6.08. The van der Waals surface area contributed by atoms with Gasteiger partial charge in [-0.3, -0.25) is 0 Å². The fraction of sp³-hybridized carbons (Fsp3) is 0.300. The molecule has 0 spiro atoms. The molecule has 0 radical (unpaired) electrons. The number of sulfonamides is 1. The van der Waals surface area contributed by atoms with Gasteiger partial charge in [0, 0.05) is 11.5 Å². The predicted octanol–water partition coefficient (Wildman–Crippen LogP) is 1.98. The molecule has 0 heterocycles. The summed E-state index contributed by atoms with van der Waals surface area (Å²) in [4.78, 5) is 0.166. The Morgan fingerprint density at radius 3 is 2.50 bits per heavy atom. The molecule has 16 heavy (non-hydrogen) atoms. The first-order valence-corrected chi connectivity index (χ1v) is 6.76. The summed E-state index contributed by atoms with van der Waals surface area (Å²) in [6.45, 7) is 1.54. The van der Waals surface area contributed by atoms with Crippen molar-refractivity contribution in [3.05, 3.63) is 28.7 Å². The van der Waals surface area contributed by atoms with Crippen LogP contribution in [0.3, 0.4) is 0 Å². The van der Waals surface area contributed by atoms with E-state index in [2.05, 4.69) is 15.9 Å². The minimum absolute atomic E-state index is 0.166. The van der Waals surface area contributed by atoms with E-state index in [0.717, 1.165) is 4.31 Å². The molecule has 0 aliphatic rings. The Hall–Kier alpha value is -0.900. The Morgan fingerprint density at radius 1 is 1.44 bits per heavy atom. The third kappa shape index (κ3) is 2.43. The van der Waals surface area contributed by atoms with E-state index >= 15 is 0 Å². The van der Waals surface area contributed by atoms with Crippen LogP contribution in [0, 0.1) is 11.3 Å². The Balaban J connectivity index is 3.24. The minimum atomic E-state index is -3.62. The molecule has 0 bridgehead atoms. The van der Waals surface area contributed by atoms with Gasteiger partial charge >= 0.3 is 0 Å². The van der Waals surface area contributed by atoms with E-state index in [1.807, 2.05) is 6.07 Å². The van der Waals surface area contributed by atoms with Crippen molar-refractivity contribution in [2.45, 2.75) is 17.9 Å². The monoisotopic (exact) mass is 302 g/mol. The van der Waals surface area contributed by atoms with Crippen LogP contribution in [0.4, 0.5) is 0 Å². The molecule has 4 nitrogen and oxygen atoms in total. The number of hydrogen-bond donors (Lipinski definition) is 0. The molecule has 1 rings (SSSR count). The van der Waals surface area contributed by atoms with Gasteiger partial charge in [0.1, 0.15) is 6.04 Å². The molecule has 0 amide bonds. The quantitative estimate of drug-likeness (QED) is 0.858. The van der Waals surface area contributed by atoms with Crippen LogP contribution in [0.2, 0.25) is 0 Å². The lowest BCUT2D eigenvalue weighted by atomic mass is 10.4. The van der Waals surface area contributed by atoms with Gasteiger partial charge < -0.3 is 0 Å². The van der Waals surface area contributed by atoms with Gasteiger partial charge in [-0.1, -0.05) is 12.1 Å². The zero-order valence-electron chi connectivity index (χ0n) is 8.88. The number of rotatable bonds is 3. The van der Waals surface area contributed by atoms with Crippen molar-refractivity contribution in [1.29, 1.82) is 5.26 Å². The number of halogens is 1. The van der Waals surface area contributed by atoms with Gasteiger partial charge in [-0.2, -0.15) is 9.57 Å². The van der Waals surface area contributed by atoms with Gasteiger partial charge in [0.05, 0.1) is 11.0 Å². The number of nitrogens with zero attached hydrogens (tertiary/aromatic N) is 2. The SMILES string of the molecule is CC(C#N)N(C)S(=O)(=O)c1ccccc1Br. The molecular formula is C10H11BrN2O2S. The zero-order valence-corrected chi connectivity index (χ0v) is 11.3. The summed E-state index contributed by atoms with van der Waals surface area (Å²) in [5.74, 6) is 0. The Bertz CT molecular complexity index is 522. The first-order chi connectivity index (χ1) is 7.41. The first-order valence-electron chi connectivity index (χ1n) is 4.53. The van der Waals surface area contributed by atoms with Gasteiger partial charge in [0.15, 0.2) is 0 Å². The maximum Gasteiger partial charge on any atom is 0.245 e. The van der Waals surface area contributed by atoms with E-state index < -0.39 is 16.1 Å². The van der Waals surface area contributed by atoms with E-state index in [1.165, 1.54) is 20.0 Å². The van der Waals surface area contributed by atoms with Crippen molar-refractivity contribution in [3.8, 4) is 6.07 Å². The number of nitriles is 1. The van der Waals surface area contributed by atoms with E-state index in [-0.39, 0.29) is 4.90 Å². The fourth-order valence-electron chi connectivity index (χ4n) is 1.10. The largest absolute Gasteiger partial charge is 0.245 e. The Kier molecular flexibility index (Phi) is 4.08. The normalized spacial score (nSPS) is 13.4. The van der Waals surface area contributed by atoms with Crippen LogP contribution in [0.1, 0.15) is 6.92 Å². The summed E-state index contributed by atoms with van der Waals surface area (Å²) in [7, 11) is -2.23. The summed E-state index contributed by atoms with van der Waals surface area (Å²) in [5.41, 5.74) is 0. The van der Waals surface area contributed by atoms with Crippen LogP contribution in [0.5, 0.6) is 0 Å². The summed E-state index contributed by atoms with van der Waals surface area (Å²) in [6, 6.07) is 7.72. The second kappa shape index (κ2) is 4.95. The zero-order chi connectivity index (χ0) is 12.3. The van der Waals surface area contributed by atoms with Gasteiger partial charge in [0.25, 0.3) is 0 Å². The summed E-state index contributed by atoms with van der Waals surface area (Å²) < 4.78 is 25.7. The fourth-order valence-corrected chi connectivity index (χ4v) is 3.34. The lowest BCUT2D eigenvalue weighted by Crippen LogP contribution is -2.34. The number of benzene rings is 1. The molecule has 6 heteroatoms. The van der Waals surface area contributed by atoms with Crippen molar-refractivity contribution in [3.63, 3.8) is 0 Å². The van der Waals surface area contributed by atoms with Crippen molar-refractivity contribution in [1.82, 2.24) is 4.31 Å². The van der Waals surface area contributed by atoms with Gasteiger partial charge in [-0.15, -0.1) is 0 Å². The van der Waals surface area contributed by atoms with Crippen molar-refractivity contribution < 1.29 is 8.42 Å². The third-order valence-corrected chi connectivity index (χ3v) is 5.17. The average Bonchev–Trinajstić information content (AvgIpc) is 2.27. The van der Waals surface area contributed by atoms with E-state index in [4.69, 9.17) is 5.26 Å². The predicted molar refractivity (Wildman–Crippen MR) is 64.2 cm³/mol. The highest BCUT2D eigenvalue weighted by Crippen LogP contribution is 2.24. The molecule has 0 saturated carbocycles. The highest BCUT2D eigenvalue weighted by molar-refractivity contribution is 9.10. The van der Waals surface area contributed by atoms with Crippen LogP contribution >= 0.6 is 15.9 Å². The molecule has 0 aliphatic heterocycles. The second-order valence-electron chi connectivity index (χ2n) is 3.26. The highest BCUT2D eigenvalue weighted by atomic mass is 79.9. The van der Waals surface area contributed by atoms with Crippen LogP contribution in [0.15, 0.2) is 33.6 Å². The Morgan fingerprint density at radius 2 is 2.00 bits per heavy atom. The van der Waals surface area contributed by atoms with E-state index in [1.54, 1.807) is 18.2 Å². The molecule has 1 aromatic rings. The first kappa shape index (κ1) is 13.2. The molecule has 0 saturated heterocycles. The summed E-state index contributed by atoms with van der Waals surface area (Å²) in [6.07, 6.45) is 0. The van der Waals surface area contributed by atoms with Gasteiger partial charge in [-0.25, -0.2) is 8.42 Å². The third-order valence-electron chi connectivity index (χ3n) is 2.23. The highest BCUT2D eigenvalue weighted by Gasteiger charge is 2.26. The topological polar surface area (TPSA) is 61.2 Å². The molecule has 86 valence electrons. The summed E-state index contributed by atoms with van der Waals surface area (Å²) >= 11 is 3.18. The Labute approximate surface area is 104 Å². The smallest absolute Gasteiger partial charge is 0.207 e. The molecule has 0 aromatic heterocycles. The molecular weight excluding hydrogens is 292 g/mol. The lowest BCUT2D eigenvalue weighted by Gasteiger charge is -2.19. The van der Waals surface area contributed by atoms with Crippen molar-refractivity contribution in [2.75, 3.05) is 7.05 Å². The maximum absolute atomic E-state index is 12.1. The van der Waals surface area contributed by atoms with Crippen LogP contribution in [-0.4, -0.2) is 25.8 Å². The van der Waals surface area contributed by atoms with Crippen LogP contribution in [-0.2, 0) is 10.0 Å². The van der Waals surface area contributed by atoms with Crippen LogP contribution in [0.25, 0.3) is 0 Å². The molecule has 0 fully saturated rings. The molecule has 1 aromatic carbocycles. The average molecular weight is 303 g/mol. The molecule has 1 unspecified atom stereocenters. The van der Waals surface area contributed by atoms with Crippen LogP contribution < -0.4 is 0 Å². The summed E-state index contributed by atoms with van der Waals surface area (Å²) in [5, 5.41) is 8.72. The lowest BCUT2D eigenvalue weighted by molar-refractivity contribution is 0.441. The standard InChI is InChI=1S/C10H11BrN2O2S/c1-8(7-12)13(2)16(14,15)10-6-4-3-5-9(10)11/h3-6,8H,1-2H3.